The summed E-state index contributed by atoms with van der Waals surface area (Å²) < 4.78 is 28.7. The van der Waals surface area contributed by atoms with Crippen molar-refractivity contribution in [1.29, 1.82) is 0 Å². The second kappa shape index (κ2) is 7.10. The summed E-state index contributed by atoms with van der Waals surface area (Å²) in [6.45, 7) is 0.975. The minimum atomic E-state index is -4.01. The van der Waals surface area contributed by atoms with Gasteiger partial charge in [0.25, 0.3) is 5.69 Å². The number of nitro groups is 1. The van der Waals surface area contributed by atoms with Gasteiger partial charge in [-0.25, -0.2) is 13.6 Å². The Kier molecular flexibility index (Phi) is 5.03. The summed E-state index contributed by atoms with van der Waals surface area (Å²) >= 11 is 5.94. The summed E-state index contributed by atoms with van der Waals surface area (Å²) in [6, 6.07) is 10.7. The van der Waals surface area contributed by atoms with Crippen molar-refractivity contribution in [3.05, 3.63) is 57.6 Å². The van der Waals surface area contributed by atoms with Crippen LogP contribution in [0.2, 0.25) is 5.02 Å². The number of primary sulfonamides is 1. The Hall–Kier alpha value is -2.36. The molecule has 1 heterocycles. The molecule has 0 aliphatic carbocycles. The summed E-state index contributed by atoms with van der Waals surface area (Å²) in [5, 5.41) is 17.0. The van der Waals surface area contributed by atoms with Crippen LogP contribution in [-0.2, 0) is 10.0 Å². The summed E-state index contributed by atoms with van der Waals surface area (Å²) in [5.74, 6) is 0.628. The minimum absolute atomic E-state index is 0.161. The average molecular weight is 398 g/mol. The topological polar surface area (TPSA) is 116 Å². The van der Waals surface area contributed by atoms with Gasteiger partial charge >= 0.3 is 0 Å². The third kappa shape index (κ3) is 4.06. The lowest BCUT2D eigenvalue weighted by molar-refractivity contribution is -0.384. The first-order valence-electron chi connectivity index (χ1n) is 7.72. The fourth-order valence-corrected chi connectivity index (χ4v) is 3.58. The number of halogens is 1. The number of hydrogen-bond donors (Lipinski definition) is 1. The van der Waals surface area contributed by atoms with Gasteiger partial charge in [-0.15, -0.1) is 0 Å². The van der Waals surface area contributed by atoms with Crippen molar-refractivity contribution in [3.63, 3.8) is 0 Å². The maximum atomic E-state index is 11.4. The predicted octanol–water partition coefficient (Wildman–Crippen LogP) is 2.55. The third-order valence-electron chi connectivity index (χ3n) is 4.06. The molecule has 1 fully saturated rings. The highest BCUT2D eigenvalue weighted by molar-refractivity contribution is 7.89. The van der Waals surface area contributed by atoms with Crippen molar-refractivity contribution < 1.29 is 18.1 Å². The second-order valence-corrected chi connectivity index (χ2v) is 7.88. The number of hydrogen-bond acceptors (Lipinski definition) is 6. The van der Waals surface area contributed by atoms with E-state index in [1.807, 2.05) is 0 Å². The van der Waals surface area contributed by atoms with Crippen molar-refractivity contribution >= 4 is 33.0 Å². The van der Waals surface area contributed by atoms with Gasteiger partial charge in [0, 0.05) is 24.1 Å². The Bertz CT molecular complexity index is 951. The lowest BCUT2D eigenvalue weighted by atomic mass is 10.2. The van der Waals surface area contributed by atoms with Crippen molar-refractivity contribution in [3.8, 4) is 5.75 Å². The molecule has 0 aromatic heterocycles. The van der Waals surface area contributed by atoms with E-state index >= 15 is 0 Å². The molecule has 1 aliphatic heterocycles. The Morgan fingerprint density at radius 2 is 2.04 bits per heavy atom. The Labute approximate surface area is 155 Å². The van der Waals surface area contributed by atoms with Crippen LogP contribution in [0, 0.1) is 10.1 Å². The van der Waals surface area contributed by atoms with Gasteiger partial charge in [0.05, 0.1) is 16.4 Å². The van der Waals surface area contributed by atoms with Crippen molar-refractivity contribution in [2.45, 2.75) is 17.4 Å². The van der Waals surface area contributed by atoms with E-state index in [0.29, 0.717) is 36.0 Å². The number of rotatable bonds is 5. The molecule has 0 spiro atoms. The van der Waals surface area contributed by atoms with E-state index in [0.717, 1.165) is 6.07 Å². The van der Waals surface area contributed by atoms with E-state index in [1.165, 1.54) is 12.1 Å². The summed E-state index contributed by atoms with van der Waals surface area (Å²) in [6.07, 6.45) is 0.506. The zero-order chi connectivity index (χ0) is 18.9. The number of sulfonamides is 1. The molecule has 10 heteroatoms. The van der Waals surface area contributed by atoms with Crippen molar-refractivity contribution in [1.82, 2.24) is 0 Å². The summed E-state index contributed by atoms with van der Waals surface area (Å²) in [5.41, 5.74) is 0.0273. The molecule has 2 N–H and O–H groups in total. The van der Waals surface area contributed by atoms with E-state index < -0.39 is 14.9 Å². The van der Waals surface area contributed by atoms with Crippen LogP contribution in [0.25, 0.3) is 0 Å². The van der Waals surface area contributed by atoms with Crippen LogP contribution < -0.4 is 14.8 Å². The Morgan fingerprint density at radius 3 is 2.69 bits per heavy atom. The molecule has 8 nitrogen and oxygen atoms in total. The zero-order valence-corrected chi connectivity index (χ0v) is 15.1. The van der Waals surface area contributed by atoms with Crippen LogP contribution in [-0.4, -0.2) is 32.5 Å². The summed E-state index contributed by atoms with van der Waals surface area (Å²) in [7, 11) is -4.01. The van der Waals surface area contributed by atoms with Crippen LogP contribution in [0.1, 0.15) is 6.42 Å². The molecule has 0 saturated carbocycles. The molecule has 0 radical (unpaired) electrons. The lowest BCUT2D eigenvalue weighted by Gasteiger charge is -2.19. The van der Waals surface area contributed by atoms with Crippen LogP contribution in [0.3, 0.4) is 0 Å². The molecule has 138 valence electrons. The first kappa shape index (κ1) is 18.4. The van der Waals surface area contributed by atoms with Crippen LogP contribution in [0.15, 0.2) is 47.4 Å². The van der Waals surface area contributed by atoms with E-state index in [9.17, 15) is 18.5 Å². The van der Waals surface area contributed by atoms with Crippen LogP contribution >= 0.6 is 11.6 Å². The maximum Gasteiger partial charge on any atom is 0.293 e. The fraction of sp³-hybridized carbons (Fsp3) is 0.250. The molecule has 26 heavy (non-hydrogen) atoms. The van der Waals surface area contributed by atoms with Crippen molar-refractivity contribution in [2.75, 3.05) is 18.0 Å². The largest absolute Gasteiger partial charge is 0.488 e. The van der Waals surface area contributed by atoms with Gasteiger partial charge in [-0.05, 0) is 30.3 Å². The van der Waals surface area contributed by atoms with Gasteiger partial charge in [0.2, 0.25) is 10.0 Å². The highest BCUT2D eigenvalue weighted by Gasteiger charge is 2.30. The quantitative estimate of drug-likeness (QED) is 0.612. The number of nitro benzene ring substituents is 1. The first-order valence-corrected chi connectivity index (χ1v) is 9.65. The van der Waals surface area contributed by atoms with Gasteiger partial charge in [-0.2, -0.15) is 0 Å². The van der Waals surface area contributed by atoms with Crippen LogP contribution in [0.4, 0.5) is 11.4 Å². The molecule has 1 unspecified atom stereocenters. The highest BCUT2D eigenvalue weighted by Crippen LogP contribution is 2.33. The first-order chi connectivity index (χ1) is 12.2. The Balaban J connectivity index is 1.81. The van der Waals surface area contributed by atoms with E-state index in [4.69, 9.17) is 21.5 Å². The van der Waals surface area contributed by atoms with E-state index in [2.05, 4.69) is 0 Å². The molecule has 2 aromatic rings. The number of benzene rings is 2. The third-order valence-corrected chi connectivity index (χ3v) is 5.20. The molecule has 0 amide bonds. The second-order valence-electron chi connectivity index (χ2n) is 5.88. The van der Waals surface area contributed by atoms with Gasteiger partial charge in [0.1, 0.15) is 17.5 Å². The number of ether oxygens (including phenoxy) is 1. The van der Waals surface area contributed by atoms with E-state index in [1.54, 1.807) is 29.2 Å². The minimum Gasteiger partial charge on any atom is -0.488 e. The fourth-order valence-electron chi connectivity index (χ4n) is 2.87. The van der Waals surface area contributed by atoms with E-state index in [-0.39, 0.29) is 16.7 Å². The number of nitrogens with zero attached hydrogens (tertiary/aromatic N) is 2. The van der Waals surface area contributed by atoms with Gasteiger partial charge < -0.3 is 9.64 Å². The van der Waals surface area contributed by atoms with Gasteiger partial charge in [0.15, 0.2) is 0 Å². The molecular weight excluding hydrogens is 382 g/mol. The lowest BCUT2D eigenvalue weighted by Crippen LogP contribution is -2.25. The smallest absolute Gasteiger partial charge is 0.293 e. The maximum absolute atomic E-state index is 11.4. The normalized spacial score (nSPS) is 17.3. The molecule has 1 atom stereocenters. The monoisotopic (exact) mass is 397 g/mol. The highest BCUT2D eigenvalue weighted by atomic mass is 35.5. The number of nitrogens with two attached hydrogens (primary N) is 1. The standard InChI is InChI=1S/C16H16ClN3O5S/c17-11-2-1-3-12(8-11)25-13-6-7-19(10-13)15-5-4-14(26(18,23)24)9-16(15)20(21)22/h1-5,8-9,13H,6-7,10H2,(H2,18,23,24). The SMILES string of the molecule is NS(=O)(=O)c1ccc(N2CCC(Oc3cccc(Cl)c3)C2)c([N+](=O)[O-])c1. The van der Waals surface area contributed by atoms with Crippen LogP contribution in [0.5, 0.6) is 5.75 Å². The zero-order valence-electron chi connectivity index (χ0n) is 13.5. The predicted molar refractivity (Wildman–Crippen MR) is 97.2 cm³/mol. The molecule has 2 aromatic carbocycles. The average Bonchev–Trinajstić information content (AvgIpc) is 3.01. The molecule has 0 bridgehead atoms. The van der Waals surface area contributed by atoms with Gasteiger partial charge in [-0.3, -0.25) is 10.1 Å². The van der Waals surface area contributed by atoms with Crippen molar-refractivity contribution in [2.24, 2.45) is 5.14 Å². The molecule has 1 saturated heterocycles. The van der Waals surface area contributed by atoms with Gasteiger partial charge in [-0.1, -0.05) is 17.7 Å². The number of anilines is 1. The molecule has 1 aliphatic rings. The summed E-state index contributed by atoms with van der Waals surface area (Å²) in [4.78, 5) is 12.2. The Morgan fingerprint density at radius 1 is 1.27 bits per heavy atom. The molecule has 3 rings (SSSR count). The molecular formula is C16H16ClN3O5S.